The molecule has 2 nitrogen and oxygen atoms in total. The fourth-order valence-electron chi connectivity index (χ4n) is 3.80. The van der Waals surface area contributed by atoms with Crippen molar-refractivity contribution >= 4 is 15.9 Å². The molecule has 0 saturated heterocycles. The largest absolute Gasteiger partial charge is 0.496 e. The van der Waals surface area contributed by atoms with Gasteiger partial charge in [0, 0.05) is 6.42 Å². The van der Waals surface area contributed by atoms with Crippen LogP contribution in [0, 0.1) is 11.8 Å². The highest BCUT2D eigenvalue weighted by molar-refractivity contribution is 9.10. The van der Waals surface area contributed by atoms with E-state index in [0.717, 1.165) is 29.0 Å². The van der Waals surface area contributed by atoms with E-state index in [1.54, 1.807) is 7.11 Å². The molecule has 1 N–H and O–H groups in total. The van der Waals surface area contributed by atoms with Crippen molar-refractivity contribution in [2.45, 2.75) is 37.7 Å². The first-order valence-corrected chi connectivity index (χ1v) is 7.45. The van der Waals surface area contributed by atoms with E-state index in [9.17, 15) is 5.11 Å². The second-order valence-electron chi connectivity index (χ2n) is 5.83. The van der Waals surface area contributed by atoms with Gasteiger partial charge in [-0.3, -0.25) is 0 Å². The van der Waals surface area contributed by atoms with E-state index in [4.69, 9.17) is 4.74 Å². The highest BCUT2D eigenvalue weighted by atomic mass is 79.9. The van der Waals surface area contributed by atoms with E-state index in [1.807, 2.05) is 6.07 Å². The van der Waals surface area contributed by atoms with Crippen LogP contribution in [0.4, 0.5) is 0 Å². The zero-order valence-corrected chi connectivity index (χ0v) is 12.2. The second-order valence-corrected chi connectivity index (χ2v) is 6.68. The van der Waals surface area contributed by atoms with Gasteiger partial charge >= 0.3 is 0 Å². The molecule has 0 spiro atoms. The van der Waals surface area contributed by atoms with E-state index in [1.165, 1.54) is 24.8 Å². The maximum Gasteiger partial charge on any atom is 0.133 e. The molecule has 3 unspecified atom stereocenters. The molecule has 2 saturated carbocycles. The standard InChI is InChI=1S/C15H19BrO2/c1-18-14-5-3-11(7-13(14)16)9-15(17)8-10-2-4-12(15)6-10/h3,5,7,10,12,17H,2,4,6,8-9H2,1H3. The number of benzene rings is 1. The molecule has 2 aliphatic carbocycles. The van der Waals surface area contributed by atoms with Gasteiger partial charge < -0.3 is 9.84 Å². The first kappa shape index (κ1) is 12.5. The highest BCUT2D eigenvalue weighted by Gasteiger charge is 2.49. The lowest BCUT2D eigenvalue weighted by Gasteiger charge is -2.32. The number of methoxy groups -OCH3 is 1. The Balaban J connectivity index is 1.78. The molecule has 3 heteroatoms. The zero-order chi connectivity index (χ0) is 12.8. The van der Waals surface area contributed by atoms with Crippen molar-refractivity contribution in [1.82, 2.24) is 0 Å². The molecule has 2 aliphatic rings. The van der Waals surface area contributed by atoms with Crippen molar-refractivity contribution in [3.63, 3.8) is 0 Å². The number of aliphatic hydroxyl groups is 1. The molecule has 0 aromatic heterocycles. The van der Waals surface area contributed by atoms with Crippen LogP contribution in [0.2, 0.25) is 0 Å². The van der Waals surface area contributed by atoms with Gasteiger partial charge in [0.25, 0.3) is 0 Å². The summed E-state index contributed by atoms with van der Waals surface area (Å²) in [5, 5.41) is 10.8. The van der Waals surface area contributed by atoms with E-state index >= 15 is 0 Å². The minimum absolute atomic E-state index is 0.461. The average molecular weight is 311 g/mol. The van der Waals surface area contributed by atoms with Crippen LogP contribution >= 0.6 is 15.9 Å². The summed E-state index contributed by atoms with van der Waals surface area (Å²) in [6.45, 7) is 0. The number of hydrogen-bond donors (Lipinski definition) is 1. The minimum atomic E-state index is -0.461. The summed E-state index contributed by atoms with van der Waals surface area (Å²) in [4.78, 5) is 0. The SMILES string of the molecule is COc1ccc(CC2(O)CC3CCC2C3)cc1Br. The van der Waals surface area contributed by atoms with Crippen LogP contribution in [0.5, 0.6) is 5.75 Å². The molecule has 0 aliphatic heterocycles. The van der Waals surface area contributed by atoms with Gasteiger partial charge in [0.05, 0.1) is 17.2 Å². The lowest BCUT2D eigenvalue weighted by molar-refractivity contribution is -0.0125. The Morgan fingerprint density at radius 1 is 1.44 bits per heavy atom. The number of hydrogen-bond acceptors (Lipinski definition) is 2. The molecule has 0 radical (unpaired) electrons. The summed E-state index contributed by atoms with van der Waals surface area (Å²) in [6, 6.07) is 6.10. The Morgan fingerprint density at radius 3 is 2.83 bits per heavy atom. The van der Waals surface area contributed by atoms with Gasteiger partial charge in [0.2, 0.25) is 0 Å². The summed E-state index contributed by atoms with van der Waals surface area (Å²) < 4.78 is 6.20. The van der Waals surface area contributed by atoms with E-state index in [-0.39, 0.29) is 0 Å². The van der Waals surface area contributed by atoms with E-state index < -0.39 is 5.60 Å². The van der Waals surface area contributed by atoms with Gasteiger partial charge in [-0.15, -0.1) is 0 Å². The van der Waals surface area contributed by atoms with Gasteiger partial charge in [0.15, 0.2) is 0 Å². The Morgan fingerprint density at radius 2 is 2.28 bits per heavy atom. The molecule has 3 atom stereocenters. The molecule has 2 bridgehead atoms. The summed E-state index contributed by atoms with van der Waals surface area (Å²) in [5.41, 5.74) is 0.731. The van der Waals surface area contributed by atoms with Crippen LogP contribution in [0.25, 0.3) is 0 Å². The lowest BCUT2D eigenvalue weighted by atomic mass is 9.80. The average Bonchev–Trinajstić information content (AvgIpc) is 2.88. The van der Waals surface area contributed by atoms with Crippen molar-refractivity contribution < 1.29 is 9.84 Å². The first-order valence-electron chi connectivity index (χ1n) is 6.65. The van der Waals surface area contributed by atoms with Gasteiger partial charge in [0.1, 0.15) is 5.75 Å². The molecular formula is C15H19BrO2. The van der Waals surface area contributed by atoms with E-state index in [0.29, 0.717) is 5.92 Å². The summed E-state index contributed by atoms with van der Waals surface area (Å²) in [6.07, 6.45) is 5.52. The molecule has 18 heavy (non-hydrogen) atoms. The van der Waals surface area contributed by atoms with Crippen LogP contribution in [0.1, 0.15) is 31.2 Å². The third-order valence-electron chi connectivity index (χ3n) is 4.67. The lowest BCUT2D eigenvalue weighted by Crippen LogP contribution is -2.37. The third kappa shape index (κ3) is 2.08. The molecule has 1 aromatic rings. The Labute approximate surface area is 116 Å². The van der Waals surface area contributed by atoms with Crippen LogP contribution < -0.4 is 4.74 Å². The number of ether oxygens (including phenoxy) is 1. The quantitative estimate of drug-likeness (QED) is 0.925. The van der Waals surface area contributed by atoms with Crippen LogP contribution in [0.15, 0.2) is 22.7 Å². The molecule has 0 heterocycles. The fraction of sp³-hybridized carbons (Fsp3) is 0.600. The minimum Gasteiger partial charge on any atom is -0.496 e. The predicted molar refractivity (Wildman–Crippen MR) is 74.8 cm³/mol. The van der Waals surface area contributed by atoms with Gasteiger partial charge in [-0.25, -0.2) is 0 Å². The number of fused-ring (bicyclic) bond motifs is 2. The summed E-state index contributed by atoms with van der Waals surface area (Å²) in [7, 11) is 1.67. The number of halogens is 1. The number of rotatable bonds is 3. The molecule has 3 rings (SSSR count). The first-order chi connectivity index (χ1) is 8.60. The second kappa shape index (κ2) is 4.53. The Kier molecular flexibility index (Phi) is 3.15. The van der Waals surface area contributed by atoms with Crippen molar-refractivity contribution in [2.75, 3.05) is 7.11 Å². The third-order valence-corrected chi connectivity index (χ3v) is 5.29. The zero-order valence-electron chi connectivity index (χ0n) is 10.7. The summed E-state index contributed by atoms with van der Waals surface area (Å²) >= 11 is 3.51. The highest BCUT2D eigenvalue weighted by Crippen LogP contribution is 2.52. The maximum atomic E-state index is 10.8. The van der Waals surface area contributed by atoms with Crippen molar-refractivity contribution in [3.05, 3.63) is 28.2 Å². The topological polar surface area (TPSA) is 29.5 Å². The van der Waals surface area contributed by atoms with Gasteiger partial charge in [-0.2, -0.15) is 0 Å². The van der Waals surface area contributed by atoms with Crippen LogP contribution in [-0.2, 0) is 6.42 Å². The van der Waals surface area contributed by atoms with E-state index in [2.05, 4.69) is 28.1 Å². The molecule has 1 aromatic carbocycles. The molecule has 0 amide bonds. The molecule has 98 valence electrons. The van der Waals surface area contributed by atoms with Gasteiger partial charge in [-0.05, 0) is 71.1 Å². The monoisotopic (exact) mass is 310 g/mol. The molecule has 2 fully saturated rings. The van der Waals surface area contributed by atoms with Crippen molar-refractivity contribution in [2.24, 2.45) is 11.8 Å². The van der Waals surface area contributed by atoms with Crippen LogP contribution in [-0.4, -0.2) is 17.8 Å². The smallest absolute Gasteiger partial charge is 0.133 e. The maximum absolute atomic E-state index is 10.8. The normalized spacial score (nSPS) is 33.9. The molecular weight excluding hydrogens is 292 g/mol. The van der Waals surface area contributed by atoms with Gasteiger partial charge in [-0.1, -0.05) is 6.07 Å². The van der Waals surface area contributed by atoms with Crippen molar-refractivity contribution in [1.29, 1.82) is 0 Å². The Hall–Kier alpha value is -0.540. The predicted octanol–water partition coefficient (Wildman–Crippen LogP) is 3.55. The van der Waals surface area contributed by atoms with Crippen LogP contribution in [0.3, 0.4) is 0 Å². The van der Waals surface area contributed by atoms with Crippen molar-refractivity contribution in [3.8, 4) is 5.75 Å². The Bertz CT molecular complexity index is 460. The summed E-state index contributed by atoms with van der Waals surface area (Å²) in [5.74, 6) is 2.13. The fourth-order valence-corrected chi connectivity index (χ4v) is 4.39.